The summed E-state index contributed by atoms with van der Waals surface area (Å²) in [7, 11) is 3.76. The molecular weight excluding hydrogens is 296 g/mol. The first kappa shape index (κ1) is 14.7. The number of nitrogens with zero attached hydrogens (tertiary/aromatic N) is 4. The molecule has 0 aliphatic carbocycles. The number of thiazole rings is 1. The maximum Gasteiger partial charge on any atom is 0.300 e. The number of rotatable bonds is 1. The molecule has 0 bridgehead atoms. The molecule has 0 radical (unpaired) electrons. The standard InChI is InChI=1S/C16H18N4OS/c1-9-6-10(2)14-13(7-9)22-16(19(14)4)17-15(21)12-8-11(3)20(5)18-12/h6-8H,1-5H3. The molecule has 0 fully saturated rings. The Kier molecular flexibility index (Phi) is 3.48. The van der Waals surface area contributed by atoms with E-state index in [2.05, 4.69) is 36.1 Å². The lowest BCUT2D eigenvalue weighted by atomic mass is 10.1. The highest BCUT2D eigenvalue weighted by atomic mass is 32.1. The SMILES string of the molecule is Cc1cc(C)c2c(c1)sc(=NC(=O)c1cc(C)n(C)n1)n2C. The van der Waals surface area contributed by atoms with E-state index >= 15 is 0 Å². The van der Waals surface area contributed by atoms with Gasteiger partial charge in [0.15, 0.2) is 10.5 Å². The van der Waals surface area contributed by atoms with Gasteiger partial charge in [0, 0.05) is 19.8 Å². The average Bonchev–Trinajstić information content (AvgIpc) is 2.91. The molecule has 1 amide bonds. The Labute approximate surface area is 132 Å². The first-order valence-corrected chi connectivity index (χ1v) is 7.85. The molecule has 0 unspecified atom stereocenters. The fraction of sp³-hybridized carbons (Fsp3) is 0.312. The molecule has 0 aliphatic heterocycles. The molecule has 3 aromatic rings. The second-order valence-electron chi connectivity index (χ2n) is 5.58. The van der Waals surface area contributed by atoms with E-state index < -0.39 is 0 Å². The van der Waals surface area contributed by atoms with Gasteiger partial charge in [-0.15, -0.1) is 0 Å². The summed E-state index contributed by atoms with van der Waals surface area (Å²) in [6, 6.07) is 6.03. The predicted molar refractivity (Wildman–Crippen MR) is 88.1 cm³/mol. The van der Waals surface area contributed by atoms with E-state index in [0.717, 1.165) is 15.9 Å². The molecule has 2 heterocycles. The highest BCUT2D eigenvalue weighted by Gasteiger charge is 2.12. The molecular formula is C16H18N4OS. The molecule has 6 heteroatoms. The van der Waals surface area contributed by atoms with Gasteiger partial charge in [-0.05, 0) is 44.0 Å². The summed E-state index contributed by atoms with van der Waals surface area (Å²) < 4.78 is 4.80. The van der Waals surface area contributed by atoms with Crippen LogP contribution in [0.5, 0.6) is 0 Å². The monoisotopic (exact) mass is 314 g/mol. The van der Waals surface area contributed by atoms with Gasteiger partial charge in [0.2, 0.25) is 0 Å². The van der Waals surface area contributed by atoms with Crippen molar-refractivity contribution in [3.63, 3.8) is 0 Å². The number of carbonyl (C=O) groups is 1. The summed E-state index contributed by atoms with van der Waals surface area (Å²) in [4.78, 5) is 17.3. The summed E-state index contributed by atoms with van der Waals surface area (Å²) in [5.41, 5.74) is 4.84. The van der Waals surface area contributed by atoms with Crippen LogP contribution in [-0.2, 0) is 14.1 Å². The molecule has 2 aromatic heterocycles. The van der Waals surface area contributed by atoms with Crippen LogP contribution in [0.2, 0.25) is 0 Å². The van der Waals surface area contributed by atoms with Gasteiger partial charge in [0.05, 0.1) is 10.2 Å². The third-order valence-corrected chi connectivity index (χ3v) is 4.84. The van der Waals surface area contributed by atoms with Crippen molar-refractivity contribution < 1.29 is 4.79 Å². The summed E-state index contributed by atoms with van der Waals surface area (Å²) >= 11 is 1.53. The Balaban J connectivity index is 2.15. The van der Waals surface area contributed by atoms with Gasteiger partial charge >= 0.3 is 0 Å². The van der Waals surface area contributed by atoms with Crippen LogP contribution in [0.15, 0.2) is 23.2 Å². The minimum absolute atomic E-state index is 0.305. The number of carbonyl (C=O) groups excluding carboxylic acids is 1. The average molecular weight is 314 g/mol. The van der Waals surface area contributed by atoms with Crippen LogP contribution in [0, 0.1) is 20.8 Å². The number of aromatic nitrogens is 3. The molecule has 5 nitrogen and oxygen atoms in total. The van der Waals surface area contributed by atoms with Crippen molar-refractivity contribution in [1.29, 1.82) is 0 Å². The van der Waals surface area contributed by atoms with Crippen molar-refractivity contribution in [2.45, 2.75) is 20.8 Å². The Morgan fingerprint density at radius 1 is 1.18 bits per heavy atom. The molecule has 0 atom stereocenters. The van der Waals surface area contributed by atoms with E-state index in [-0.39, 0.29) is 5.91 Å². The van der Waals surface area contributed by atoms with Crippen molar-refractivity contribution in [3.05, 3.63) is 45.5 Å². The van der Waals surface area contributed by atoms with Crippen LogP contribution >= 0.6 is 11.3 Å². The lowest BCUT2D eigenvalue weighted by molar-refractivity contribution is 0.0992. The number of hydrogen-bond donors (Lipinski definition) is 0. The fourth-order valence-corrected chi connectivity index (χ4v) is 3.79. The molecule has 0 N–H and O–H groups in total. The molecule has 22 heavy (non-hydrogen) atoms. The number of amides is 1. The van der Waals surface area contributed by atoms with Crippen molar-refractivity contribution in [1.82, 2.24) is 14.3 Å². The molecule has 0 saturated carbocycles. The Bertz CT molecular complexity index is 939. The van der Waals surface area contributed by atoms with Gasteiger partial charge in [-0.3, -0.25) is 9.48 Å². The third-order valence-electron chi connectivity index (χ3n) is 3.76. The van der Waals surface area contributed by atoms with E-state index in [9.17, 15) is 4.79 Å². The fourth-order valence-electron chi connectivity index (χ4n) is 2.60. The van der Waals surface area contributed by atoms with E-state index in [1.807, 2.05) is 25.6 Å². The van der Waals surface area contributed by atoms with Crippen LogP contribution < -0.4 is 4.80 Å². The van der Waals surface area contributed by atoms with Crippen molar-refractivity contribution in [3.8, 4) is 0 Å². The van der Waals surface area contributed by atoms with Crippen LogP contribution in [0.3, 0.4) is 0 Å². The highest BCUT2D eigenvalue weighted by Crippen LogP contribution is 2.22. The summed E-state index contributed by atoms with van der Waals surface area (Å²) in [6.45, 7) is 6.07. The zero-order chi connectivity index (χ0) is 16.0. The van der Waals surface area contributed by atoms with E-state index in [1.54, 1.807) is 10.7 Å². The van der Waals surface area contributed by atoms with Gasteiger partial charge in [-0.2, -0.15) is 10.1 Å². The predicted octanol–water partition coefficient (Wildman–Crippen LogP) is 2.64. The lowest BCUT2D eigenvalue weighted by Crippen LogP contribution is -2.14. The largest absolute Gasteiger partial charge is 0.319 e. The lowest BCUT2D eigenvalue weighted by Gasteiger charge is -2.01. The Morgan fingerprint density at radius 2 is 1.91 bits per heavy atom. The minimum Gasteiger partial charge on any atom is -0.319 e. The third kappa shape index (κ3) is 2.39. The zero-order valence-corrected chi connectivity index (χ0v) is 14.2. The number of aryl methyl sites for hydroxylation is 5. The topological polar surface area (TPSA) is 52.2 Å². The summed E-state index contributed by atoms with van der Waals surface area (Å²) in [5, 5.41) is 4.19. The Hall–Kier alpha value is -2.21. The maximum atomic E-state index is 12.3. The first-order chi connectivity index (χ1) is 10.4. The number of fused-ring (bicyclic) bond motifs is 1. The first-order valence-electron chi connectivity index (χ1n) is 7.03. The zero-order valence-electron chi connectivity index (χ0n) is 13.3. The normalized spacial score (nSPS) is 12.3. The van der Waals surface area contributed by atoms with E-state index in [1.165, 1.54) is 22.5 Å². The molecule has 114 valence electrons. The van der Waals surface area contributed by atoms with Crippen molar-refractivity contribution in [2.24, 2.45) is 19.1 Å². The molecule has 0 aliphatic rings. The smallest absolute Gasteiger partial charge is 0.300 e. The van der Waals surface area contributed by atoms with Gasteiger partial charge in [0.25, 0.3) is 5.91 Å². The quantitative estimate of drug-likeness (QED) is 0.693. The summed E-state index contributed by atoms with van der Waals surface area (Å²) in [6.07, 6.45) is 0. The highest BCUT2D eigenvalue weighted by molar-refractivity contribution is 7.16. The van der Waals surface area contributed by atoms with Gasteiger partial charge in [-0.25, -0.2) is 0 Å². The van der Waals surface area contributed by atoms with Crippen LogP contribution in [0.1, 0.15) is 27.3 Å². The second kappa shape index (κ2) is 5.21. The van der Waals surface area contributed by atoms with Gasteiger partial charge in [0.1, 0.15) is 0 Å². The van der Waals surface area contributed by atoms with Crippen LogP contribution in [0.25, 0.3) is 10.2 Å². The van der Waals surface area contributed by atoms with E-state index in [4.69, 9.17) is 0 Å². The molecule has 3 rings (SSSR count). The number of hydrogen-bond acceptors (Lipinski definition) is 3. The molecule has 0 saturated heterocycles. The van der Waals surface area contributed by atoms with Crippen LogP contribution in [0.4, 0.5) is 0 Å². The van der Waals surface area contributed by atoms with Gasteiger partial charge in [-0.1, -0.05) is 17.4 Å². The van der Waals surface area contributed by atoms with Crippen molar-refractivity contribution >= 4 is 27.5 Å². The Morgan fingerprint density at radius 3 is 2.55 bits per heavy atom. The number of benzene rings is 1. The van der Waals surface area contributed by atoms with E-state index in [0.29, 0.717) is 10.5 Å². The van der Waals surface area contributed by atoms with Crippen LogP contribution in [-0.4, -0.2) is 20.3 Å². The van der Waals surface area contributed by atoms with Gasteiger partial charge < -0.3 is 4.57 Å². The van der Waals surface area contributed by atoms with Crippen molar-refractivity contribution in [2.75, 3.05) is 0 Å². The maximum absolute atomic E-state index is 12.3. The molecule has 1 aromatic carbocycles. The minimum atomic E-state index is -0.305. The second-order valence-corrected chi connectivity index (χ2v) is 6.59. The summed E-state index contributed by atoms with van der Waals surface area (Å²) in [5.74, 6) is -0.305. The molecule has 0 spiro atoms.